The van der Waals surface area contributed by atoms with Gasteiger partial charge in [-0.05, 0) is 73.1 Å². The quantitative estimate of drug-likeness (QED) is 0.581. The molecular formula is C23H25N3S. The average Bonchev–Trinajstić information content (AvgIpc) is 2.73. The van der Waals surface area contributed by atoms with E-state index in [1.165, 1.54) is 42.4 Å². The van der Waals surface area contributed by atoms with E-state index in [9.17, 15) is 0 Å². The number of anilines is 1. The minimum Gasteiger partial charge on any atom is -0.356 e. The molecule has 5 rings (SSSR count). The Balaban J connectivity index is 1.39. The zero-order chi connectivity index (χ0) is 18.3. The summed E-state index contributed by atoms with van der Waals surface area (Å²) in [5.41, 5.74) is 4.67. The van der Waals surface area contributed by atoms with Crippen molar-refractivity contribution in [2.24, 2.45) is 5.41 Å². The van der Waals surface area contributed by atoms with Gasteiger partial charge >= 0.3 is 0 Å². The van der Waals surface area contributed by atoms with Gasteiger partial charge in [-0.2, -0.15) is 0 Å². The highest BCUT2D eigenvalue weighted by atomic mass is 32.2. The zero-order valence-corrected chi connectivity index (χ0v) is 16.6. The molecule has 2 heterocycles. The van der Waals surface area contributed by atoms with Crippen LogP contribution in [0.15, 0.2) is 53.7 Å². The molecular weight excluding hydrogens is 350 g/mol. The standard InChI is InChI=1S/C23H25N3S/c1-27-19-6-7-21-20(14-19)22(25-16-24-21)26-12-10-23(11-13-26)9-8-17-4-2-3-5-18(17)15-23/h2-7,14,16H,8-13,15H2,1H3. The van der Waals surface area contributed by atoms with E-state index in [4.69, 9.17) is 0 Å². The van der Waals surface area contributed by atoms with Gasteiger partial charge in [0.15, 0.2) is 0 Å². The van der Waals surface area contributed by atoms with Gasteiger partial charge < -0.3 is 4.90 Å². The van der Waals surface area contributed by atoms with E-state index in [1.807, 2.05) is 0 Å². The average molecular weight is 376 g/mol. The third-order valence-corrected chi connectivity index (χ3v) is 7.28. The number of nitrogens with zero attached hydrogens (tertiary/aromatic N) is 3. The van der Waals surface area contributed by atoms with Crippen molar-refractivity contribution in [1.29, 1.82) is 0 Å². The molecule has 1 spiro atoms. The summed E-state index contributed by atoms with van der Waals surface area (Å²) < 4.78 is 0. The number of piperidine rings is 1. The van der Waals surface area contributed by atoms with Crippen LogP contribution in [-0.4, -0.2) is 29.3 Å². The lowest BCUT2D eigenvalue weighted by Gasteiger charge is -2.45. The summed E-state index contributed by atoms with van der Waals surface area (Å²) in [6.07, 6.45) is 10.2. The molecule has 0 unspecified atom stereocenters. The summed E-state index contributed by atoms with van der Waals surface area (Å²) >= 11 is 1.78. The lowest BCUT2D eigenvalue weighted by atomic mass is 9.66. The summed E-state index contributed by atoms with van der Waals surface area (Å²) in [6, 6.07) is 15.5. The first-order valence-corrected chi connectivity index (χ1v) is 11.1. The SMILES string of the molecule is CSc1ccc2ncnc(N3CCC4(CCc5ccccc5C4)CC3)c2c1. The maximum absolute atomic E-state index is 4.68. The van der Waals surface area contributed by atoms with Crippen LogP contribution >= 0.6 is 11.8 Å². The molecule has 0 radical (unpaired) electrons. The Bertz CT molecular complexity index is 976. The molecule has 0 bridgehead atoms. The van der Waals surface area contributed by atoms with E-state index in [2.05, 4.69) is 63.6 Å². The molecule has 0 N–H and O–H groups in total. The van der Waals surface area contributed by atoms with E-state index in [1.54, 1.807) is 29.2 Å². The van der Waals surface area contributed by atoms with Crippen molar-refractivity contribution in [1.82, 2.24) is 9.97 Å². The largest absolute Gasteiger partial charge is 0.356 e. The topological polar surface area (TPSA) is 29.0 Å². The summed E-state index contributed by atoms with van der Waals surface area (Å²) in [7, 11) is 0. The maximum Gasteiger partial charge on any atom is 0.139 e. The third-order valence-electron chi connectivity index (χ3n) is 6.55. The van der Waals surface area contributed by atoms with Gasteiger partial charge in [0, 0.05) is 23.4 Å². The lowest BCUT2D eigenvalue weighted by Crippen LogP contribution is -2.43. The number of thioether (sulfide) groups is 1. The van der Waals surface area contributed by atoms with Gasteiger partial charge in [-0.25, -0.2) is 9.97 Å². The first-order chi connectivity index (χ1) is 13.3. The predicted molar refractivity (Wildman–Crippen MR) is 114 cm³/mol. The van der Waals surface area contributed by atoms with Crippen molar-refractivity contribution < 1.29 is 0 Å². The Hall–Kier alpha value is -2.07. The Morgan fingerprint density at radius 2 is 1.78 bits per heavy atom. The Morgan fingerprint density at radius 3 is 2.59 bits per heavy atom. The van der Waals surface area contributed by atoms with Gasteiger partial charge in [-0.3, -0.25) is 0 Å². The number of hydrogen-bond acceptors (Lipinski definition) is 4. The molecule has 3 nitrogen and oxygen atoms in total. The van der Waals surface area contributed by atoms with E-state index in [0.29, 0.717) is 5.41 Å². The fourth-order valence-electron chi connectivity index (χ4n) is 4.89. The highest BCUT2D eigenvalue weighted by Gasteiger charge is 2.37. The smallest absolute Gasteiger partial charge is 0.139 e. The number of aryl methyl sites for hydroxylation is 1. The third kappa shape index (κ3) is 3.10. The molecule has 4 heteroatoms. The molecule has 1 fully saturated rings. The highest BCUT2D eigenvalue weighted by Crippen LogP contribution is 2.44. The van der Waals surface area contributed by atoms with Crippen molar-refractivity contribution in [3.05, 3.63) is 59.9 Å². The predicted octanol–water partition coefficient (Wildman–Crippen LogP) is 5.13. The molecule has 2 aromatic carbocycles. The molecule has 1 aliphatic carbocycles. The fraction of sp³-hybridized carbons (Fsp3) is 0.391. The fourth-order valence-corrected chi connectivity index (χ4v) is 5.33. The van der Waals surface area contributed by atoms with Crippen LogP contribution in [0.1, 0.15) is 30.4 Å². The number of aromatic nitrogens is 2. The van der Waals surface area contributed by atoms with Crippen molar-refractivity contribution in [2.75, 3.05) is 24.2 Å². The van der Waals surface area contributed by atoms with E-state index < -0.39 is 0 Å². The summed E-state index contributed by atoms with van der Waals surface area (Å²) in [5.74, 6) is 1.11. The normalized spacial score (nSPS) is 18.6. The molecule has 1 aliphatic heterocycles. The molecule has 3 aromatic rings. The van der Waals surface area contributed by atoms with Gasteiger partial charge in [0.1, 0.15) is 12.1 Å². The lowest BCUT2D eigenvalue weighted by molar-refractivity contribution is 0.187. The van der Waals surface area contributed by atoms with Crippen molar-refractivity contribution >= 4 is 28.5 Å². The molecule has 0 saturated carbocycles. The van der Waals surface area contributed by atoms with Crippen molar-refractivity contribution in [3.8, 4) is 0 Å². The summed E-state index contributed by atoms with van der Waals surface area (Å²) in [5, 5.41) is 1.19. The zero-order valence-electron chi connectivity index (χ0n) is 15.8. The van der Waals surface area contributed by atoms with Gasteiger partial charge in [0.25, 0.3) is 0 Å². The first kappa shape index (κ1) is 17.1. The Kier molecular flexibility index (Phi) is 4.31. The molecule has 0 atom stereocenters. The second kappa shape index (κ2) is 6.83. The minimum absolute atomic E-state index is 0.484. The van der Waals surface area contributed by atoms with Gasteiger partial charge in [-0.1, -0.05) is 24.3 Å². The van der Waals surface area contributed by atoms with Crippen LogP contribution in [0.4, 0.5) is 5.82 Å². The maximum atomic E-state index is 4.68. The van der Waals surface area contributed by atoms with Crippen LogP contribution in [0, 0.1) is 5.41 Å². The molecule has 27 heavy (non-hydrogen) atoms. The number of rotatable bonds is 2. The van der Waals surface area contributed by atoms with Crippen molar-refractivity contribution in [3.63, 3.8) is 0 Å². The highest BCUT2D eigenvalue weighted by molar-refractivity contribution is 7.98. The van der Waals surface area contributed by atoms with E-state index in [0.717, 1.165) is 24.4 Å². The number of fused-ring (bicyclic) bond motifs is 2. The Morgan fingerprint density at radius 1 is 0.963 bits per heavy atom. The molecule has 1 saturated heterocycles. The van der Waals surface area contributed by atoms with Crippen LogP contribution in [0.25, 0.3) is 10.9 Å². The summed E-state index contributed by atoms with van der Waals surface area (Å²) in [4.78, 5) is 12.9. The molecule has 138 valence electrons. The van der Waals surface area contributed by atoms with Crippen LogP contribution < -0.4 is 4.90 Å². The second-order valence-corrected chi connectivity index (χ2v) is 8.89. The van der Waals surface area contributed by atoms with Crippen LogP contribution in [0.3, 0.4) is 0 Å². The van der Waals surface area contributed by atoms with Crippen molar-refractivity contribution in [2.45, 2.75) is 37.0 Å². The van der Waals surface area contributed by atoms with Crippen LogP contribution in [-0.2, 0) is 12.8 Å². The van der Waals surface area contributed by atoms with Gasteiger partial charge in [0.05, 0.1) is 5.52 Å². The van der Waals surface area contributed by atoms with Crippen LogP contribution in [0.2, 0.25) is 0 Å². The second-order valence-electron chi connectivity index (χ2n) is 8.01. The van der Waals surface area contributed by atoms with E-state index in [-0.39, 0.29) is 0 Å². The molecule has 0 amide bonds. The number of benzene rings is 2. The molecule has 2 aliphatic rings. The number of hydrogen-bond donors (Lipinski definition) is 0. The van der Waals surface area contributed by atoms with Gasteiger partial charge in [0.2, 0.25) is 0 Å². The summed E-state index contributed by atoms with van der Waals surface area (Å²) in [6.45, 7) is 2.19. The van der Waals surface area contributed by atoms with E-state index >= 15 is 0 Å². The first-order valence-electron chi connectivity index (χ1n) is 9.87. The van der Waals surface area contributed by atoms with Crippen LogP contribution in [0.5, 0.6) is 0 Å². The minimum atomic E-state index is 0.484. The van der Waals surface area contributed by atoms with Gasteiger partial charge in [-0.15, -0.1) is 11.8 Å². The molecule has 1 aromatic heterocycles. The Labute approximate surface area is 165 Å². The monoisotopic (exact) mass is 375 g/mol.